The Morgan fingerprint density at radius 3 is 2.86 bits per heavy atom. The van der Waals surface area contributed by atoms with E-state index in [1.165, 1.54) is 0 Å². The van der Waals surface area contributed by atoms with Crippen LogP contribution in [-0.2, 0) is 6.54 Å². The van der Waals surface area contributed by atoms with Crippen LogP contribution in [-0.4, -0.2) is 12.3 Å². The molecule has 0 fully saturated rings. The summed E-state index contributed by atoms with van der Waals surface area (Å²) >= 11 is 9.47. The molecule has 0 saturated carbocycles. The van der Waals surface area contributed by atoms with Crippen LogP contribution in [0.5, 0.6) is 5.75 Å². The lowest BCUT2D eigenvalue weighted by atomic mass is 10.2. The van der Waals surface area contributed by atoms with Crippen molar-refractivity contribution in [1.82, 2.24) is 5.32 Å². The molecule has 0 heterocycles. The van der Waals surface area contributed by atoms with Gasteiger partial charge in [0.25, 0.3) is 5.24 Å². The summed E-state index contributed by atoms with van der Waals surface area (Å²) in [6, 6.07) is 5.32. The number of hydrogen-bond donors (Lipinski definition) is 2. The van der Waals surface area contributed by atoms with Crippen LogP contribution < -0.4 is 10.1 Å². The van der Waals surface area contributed by atoms with Crippen LogP contribution in [0.25, 0.3) is 0 Å². The summed E-state index contributed by atoms with van der Waals surface area (Å²) < 4.78 is 4.99. The van der Waals surface area contributed by atoms with E-state index in [1.54, 1.807) is 19.2 Å². The van der Waals surface area contributed by atoms with Crippen molar-refractivity contribution in [3.8, 4) is 5.75 Å². The molecule has 1 aromatic carbocycles. The van der Waals surface area contributed by atoms with E-state index in [-0.39, 0.29) is 5.24 Å². The first kappa shape index (κ1) is 11.2. The molecule has 3 nitrogen and oxygen atoms in total. The van der Waals surface area contributed by atoms with Crippen LogP contribution in [0.3, 0.4) is 0 Å². The second kappa shape index (κ2) is 5.12. The highest BCUT2D eigenvalue weighted by Crippen LogP contribution is 2.24. The molecule has 1 aromatic rings. The van der Waals surface area contributed by atoms with Gasteiger partial charge in [0.1, 0.15) is 5.75 Å². The fourth-order valence-corrected chi connectivity index (χ4v) is 1.36. The van der Waals surface area contributed by atoms with Crippen molar-refractivity contribution in [2.45, 2.75) is 6.54 Å². The zero-order chi connectivity index (χ0) is 10.6. The highest BCUT2D eigenvalue weighted by atomic mass is 35.5. The maximum absolute atomic E-state index is 10.5. The molecule has 1 amide bonds. The fourth-order valence-electron chi connectivity index (χ4n) is 0.998. The van der Waals surface area contributed by atoms with Gasteiger partial charge in [-0.1, -0.05) is 30.3 Å². The Morgan fingerprint density at radius 2 is 2.36 bits per heavy atom. The maximum atomic E-state index is 10.5. The Morgan fingerprint density at radius 1 is 1.64 bits per heavy atom. The number of carbonyl (C=O) groups is 1. The van der Waals surface area contributed by atoms with E-state index in [1.807, 2.05) is 6.07 Å². The topological polar surface area (TPSA) is 38.3 Å². The zero-order valence-corrected chi connectivity index (χ0v) is 9.23. The minimum absolute atomic E-state index is 0.364. The zero-order valence-electron chi connectivity index (χ0n) is 7.58. The van der Waals surface area contributed by atoms with Gasteiger partial charge in [0.2, 0.25) is 0 Å². The molecule has 0 aliphatic carbocycles. The lowest BCUT2D eigenvalue weighted by Crippen LogP contribution is -2.15. The van der Waals surface area contributed by atoms with Gasteiger partial charge in [-0.25, -0.2) is 0 Å². The summed E-state index contributed by atoms with van der Waals surface area (Å²) in [6.07, 6.45) is 0. The molecule has 1 N–H and O–H groups in total. The number of methoxy groups -OCH3 is 1. The number of benzene rings is 1. The number of ether oxygens (including phenoxy) is 1. The van der Waals surface area contributed by atoms with E-state index in [2.05, 4.69) is 17.9 Å². The Bertz CT molecular complexity index is 344. The van der Waals surface area contributed by atoms with Gasteiger partial charge < -0.3 is 10.1 Å². The standard InChI is InChI=1S/C9H10ClNO2S/c1-13-8-3-2-6(4-7(8)10)5-11-9(12)14/h2-4H,5H2,1H3,(H2,11,12,14). The molecule has 0 spiro atoms. The van der Waals surface area contributed by atoms with Crippen molar-refractivity contribution in [3.63, 3.8) is 0 Å². The van der Waals surface area contributed by atoms with E-state index >= 15 is 0 Å². The first-order chi connectivity index (χ1) is 6.63. The molecule has 0 aliphatic rings. The highest BCUT2D eigenvalue weighted by Gasteiger charge is 2.01. The number of rotatable bonds is 3. The third-order valence-electron chi connectivity index (χ3n) is 1.66. The van der Waals surface area contributed by atoms with Crippen molar-refractivity contribution in [1.29, 1.82) is 0 Å². The lowest BCUT2D eigenvalue weighted by Gasteiger charge is -2.05. The fraction of sp³-hybridized carbons (Fsp3) is 0.222. The number of halogens is 1. The van der Waals surface area contributed by atoms with Crippen molar-refractivity contribution in [2.24, 2.45) is 0 Å². The summed E-state index contributed by atoms with van der Waals surface area (Å²) in [7, 11) is 1.55. The van der Waals surface area contributed by atoms with Crippen LogP contribution in [0.4, 0.5) is 4.79 Å². The van der Waals surface area contributed by atoms with Gasteiger partial charge in [0, 0.05) is 6.54 Å². The van der Waals surface area contributed by atoms with E-state index in [0.717, 1.165) is 5.56 Å². The second-order valence-electron chi connectivity index (χ2n) is 2.63. The quantitative estimate of drug-likeness (QED) is 0.785. The van der Waals surface area contributed by atoms with E-state index in [0.29, 0.717) is 17.3 Å². The molecule has 0 bridgehead atoms. The van der Waals surface area contributed by atoms with Gasteiger partial charge in [0.15, 0.2) is 0 Å². The molecule has 5 heteroatoms. The van der Waals surface area contributed by atoms with Gasteiger partial charge >= 0.3 is 0 Å². The number of nitrogens with one attached hydrogen (secondary N) is 1. The summed E-state index contributed by atoms with van der Waals surface area (Å²) in [4.78, 5) is 10.5. The average Bonchev–Trinajstić information content (AvgIpc) is 2.15. The monoisotopic (exact) mass is 231 g/mol. The number of hydrogen-bond acceptors (Lipinski definition) is 2. The summed E-state index contributed by atoms with van der Waals surface area (Å²) in [5, 5.41) is 2.71. The Labute approximate surface area is 92.8 Å². The lowest BCUT2D eigenvalue weighted by molar-refractivity contribution is 0.260. The first-order valence-corrected chi connectivity index (χ1v) is 4.75. The predicted molar refractivity (Wildman–Crippen MR) is 59.2 cm³/mol. The smallest absolute Gasteiger partial charge is 0.276 e. The van der Waals surface area contributed by atoms with Crippen LogP contribution in [0.15, 0.2) is 18.2 Å². The SMILES string of the molecule is COc1ccc(CNC(=O)S)cc1Cl. The van der Waals surface area contributed by atoms with Gasteiger partial charge in [-0.2, -0.15) is 0 Å². The van der Waals surface area contributed by atoms with Crippen LogP contribution in [0, 0.1) is 0 Å². The minimum atomic E-state index is -0.364. The number of thiol groups is 1. The molecule has 0 atom stereocenters. The largest absolute Gasteiger partial charge is 0.495 e. The van der Waals surface area contributed by atoms with Crippen molar-refractivity contribution in [2.75, 3.05) is 7.11 Å². The first-order valence-electron chi connectivity index (χ1n) is 3.92. The van der Waals surface area contributed by atoms with E-state index in [4.69, 9.17) is 16.3 Å². The van der Waals surface area contributed by atoms with Crippen molar-refractivity contribution < 1.29 is 9.53 Å². The molecule has 76 valence electrons. The molecule has 14 heavy (non-hydrogen) atoms. The Kier molecular flexibility index (Phi) is 4.10. The van der Waals surface area contributed by atoms with Gasteiger partial charge in [-0.15, -0.1) is 0 Å². The number of carbonyl (C=O) groups excluding carboxylic acids is 1. The maximum Gasteiger partial charge on any atom is 0.276 e. The van der Waals surface area contributed by atoms with Crippen LogP contribution in [0.2, 0.25) is 5.02 Å². The molecule has 0 unspecified atom stereocenters. The Balaban J connectivity index is 2.71. The molecule has 0 aromatic heterocycles. The molecule has 1 rings (SSSR count). The van der Waals surface area contributed by atoms with Crippen molar-refractivity contribution in [3.05, 3.63) is 28.8 Å². The predicted octanol–water partition coefficient (Wildman–Crippen LogP) is 2.49. The third kappa shape index (κ3) is 3.12. The van der Waals surface area contributed by atoms with Crippen molar-refractivity contribution >= 4 is 29.5 Å². The summed E-state index contributed by atoms with van der Waals surface area (Å²) in [5.74, 6) is 0.618. The van der Waals surface area contributed by atoms with Gasteiger partial charge in [-0.3, -0.25) is 4.79 Å². The molecule has 0 radical (unpaired) electrons. The van der Waals surface area contributed by atoms with E-state index in [9.17, 15) is 4.79 Å². The molecule has 0 saturated heterocycles. The van der Waals surface area contributed by atoms with Crippen LogP contribution >= 0.6 is 24.2 Å². The minimum Gasteiger partial charge on any atom is -0.495 e. The third-order valence-corrected chi connectivity index (χ3v) is 2.11. The van der Waals surface area contributed by atoms with Crippen LogP contribution in [0.1, 0.15) is 5.56 Å². The molecular weight excluding hydrogens is 222 g/mol. The number of amides is 1. The molecule has 0 aliphatic heterocycles. The average molecular weight is 232 g/mol. The second-order valence-corrected chi connectivity index (χ2v) is 3.44. The highest BCUT2D eigenvalue weighted by molar-refractivity contribution is 7.96. The van der Waals surface area contributed by atoms with E-state index < -0.39 is 0 Å². The normalized spacial score (nSPS) is 9.64. The summed E-state index contributed by atoms with van der Waals surface area (Å²) in [5.41, 5.74) is 0.901. The molecular formula is C9H10ClNO2S. The summed E-state index contributed by atoms with van der Waals surface area (Å²) in [6.45, 7) is 0.409. The van der Waals surface area contributed by atoms with Gasteiger partial charge in [0.05, 0.1) is 12.1 Å². The van der Waals surface area contributed by atoms with Gasteiger partial charge in [-0.05, 0) is 17.7 Å². The Hall–Kier alpha value is -0.870.